The van der Waals surface area contributed by atoms with Gasteiger partial charge in [0.25, 0.3) is 0 Å². The van der Waals surface area contributed by atoms with E-state index in [0.29, 0.717) is 19.1 Å². The van der Waals surface area contributed by atoms with Crippen LogP contribution in [0, 0.1) is 5.92 Å². The van der Waals surface area contributed by atoms with Crippen molar-refractivity contribution in [3.8, 4) is 0 Å². The van der Waals surface area contributed by atoms with Crippen molar-refractivity contribution in [2.75, 3.05) is 33.4 Å². The molecule has 3 aliphatic rings. The number of carbonyl (C=O) groups excluding carboxylic acids is 1. The van der Waals surface area contributed by atoms with Crippen molar-refractivity contribution in [3.63, 3.8) is 0 Å². The Morgan fingerprint density at radius 2 is 2.13 bits per heavy atom. The summed E-state index contributed by atoms with van der Waals surface area (Å²) in [6.45, 7) is 2.73. The summed E-state index contributed by atoms with van der Waals surface area (Å²) in [6, 6.07) is 8.72. The number of amides is 1. The molecule has 0 aromatic heterocycles. The third-order valence-electron chi connectivity index (χ3n) is 5.80. The number of nitrogens with zero attached hydrogens (tertiary/aromatic N) is 1. The fourth-order valence-corrected chi connectivity index (χ4v) is 4.40. The molecule has 1 aromatic carbocycles. The molecule has 1 aliphatic heterocycles. The zero-order chi connectivity index (χ0) is 15.9. The van der Waals surface area contributed by atoms with Crippen molar-refractivity contribution in [2.24, 2.45) is 5.92 Å². The number of hydrogen-bond acceptors (Lipinski definition) is 3. The summed E-state index contributed by atoms with van der Waals surface area (Å²) in [5.41, 5.74) is 3.05. The molecule has 0 radical (unpaired) electrons. The summed E-state index contributed by atoms with van der Waals surface area (Å²) in [7, 11) is 1.68. The predicted octanol–water partition coefficient (Wildman–Crippen LogP) is 2.15. The second kappa shape index (κ2) is 5.91. The van der Waals surface area contributed by atoms with Crippen LogP contribution in [-0.4, -0.2) is 50.3 Å². The summed E-state index contributed by atoms with van der Waals surface area (Å²) in [5.74, 6) is 0.539. The number of fused-ring (bicyclic) bond motifs is 2. The van der Waals surface area contributed by atoms with Crippen LogP contribution in [0.1, 0.15) is 30.4 Å². The third-order valence-corrected chi connectivity index (χ3v) is 5.80. The highest BCUT2D eigenvalue weighted by atomic mass is 16.5. The summed E-state index contributed by atoms with van der Waals surface area (Å²) < 4.78 is 10.7. The molecule has 2 fully saturated rings. The van der Waals surface area contributed by atoms with Crippen LogP contribution in [0.25, 0.3) is 0 Å². The van der Waals surface area contributed by atoms with Gasteiger partial charge in [-0.1, -0.05) is 24.3 Å². The molecular weight excluding hydrogens is 290 g/mol. The van der Waals surface area contributed by atoms with Crippen molar-refractivity contribution < 1.29 is 14.3 Å². The quantitative estimate of drug-likeness (QED) is 0.782. The molecule has 2 unspecified atom stereocenters. The molecule has 4 rings (SSSR count). The number of likely N-dealkylation sites (tertiary alicyclic amines) is 1. The van der Waals surface area contributed by atoms with Gasteiger partial charge in [0.05, 0.1) is 19.3 Å². The molecule has 0 bridgehead atoms. The van der Waals surface area contributed by atoms with E-state index in [4.69, 9.17) is 9.47 Å². The van der Waals surface area contributed by atoms with Gasteiger partial charge in [-0.3, -0.25) is 4.79 Å². The zero-order valence-electron chi connectivity index (χ0n) is 13.8. The van der Waals surface area contributed by atoms with Crippen molar-refractivity contribution in [1.29, 1.82) is 0 Å². The van der Waals surface area contributed by atoms with Crippen LogP contribution in [0.15, 0.2) is 24.3 Å². The van der Waals surface area contributed by atoms with E-state index >= 15 is 0 Å². The van der Waals surface area contributed by atoms with Gasteiger partial charge in [0.15, 0.2) is 0 Å². The maximum atomic E-state index is 12.8. The van der Waals surface area contributed by atoms with Crippen LogP contribution in [0.2, 0.25) is 0 Å². The van der Waals surface area contributed by atoms with E-state index in [1.807, 2.05) is 4.90 Å². The monoisotopic (exact) mass is 315 g/mol. The van der Waals surface area contributed by atoms with Gasteiger partial charge in [0, 0.05) is 31.5 Å². The van der Waals surface area contributed by atoms with E-state index in [0.717, 1.165) is 25.9 Å². The van der Waals surface area contributed by atoms with E-state index in [9.17, 15) is 4.79 Å². The van der Waals surface area contributed by atoms with Gasteiger partial charge in [0.1, 0.15) is 0 Å². The SMILES string of the molecule is COCCOC1CN(C(=O)C2CC23CCCc2ccccc23)C1. The molecule has 2 atom stereocenters. The molecule has 124 valence electrons. The minimum atomic E-state index is 0.147. The molecule has 1 saturated heterocycles. The van der Waals surface area contributed by atoms with E-state index < -0.39 is 0 Å². The second-order valence-corrected chi connectivity index (χ2v) is 7.15. The minimum Gasteiger partial charge on any atom is -0.382 e. The lowest BCUT2D eigenvalue weighted by atomic mass is 9.78. The van der Waals surface area contributed by atoms with E-state index in [1.165, 1.54) is 24.0 Å². The first-order valence-corrected chi connectivity index (χ1v) is 8.72. The van der Waals surface area contributed by atoms with Crippen molar-refractivity contribution >= 4 is 5.91 Å². The Morgan fingerprint density at radius 3 is 2.96 bits per heavy atom. The van der Waals surface area contributed by atoms with Gasteiger partial charge < -0.3 is 14.4 Å². The molecule has 23 heavy (non-hydrogen) atoms. The van der Waals surface area contributed by atoms with E-state index in [-0.39, 0.29) is 17.4 Å². The van der Waals surface area contributed by atoms with Crippen LogP contribution >= 0.6 is 0 Å². The zero-order valence-corrected chi connectivity index (χ0v) is 13.8. The molecule has 4 heteroatoms. The van der Waals surface area contributed by atoms with Crippen LogP contribution in [0.3, 0.4) is 0 Å². The highest BCUT2D eigenvalue weighted by molar-refractivity contribution is 5.85. The lowest BCUT2D eigenvalue weighted by Gasteiger charge is -2.39. The van der Waals surface area contributed by atoms with Gasteiger partial charge in [0.2, 0.25) is 5.91 Å². The fourth-order valence-electron chi connectivity index (χ4n) is 4.40. The number of benzene rings is 1. The van der Waals surface area contributed by atoms with Crippen LogP contribution in [0.5, 0.6) is 0 Å². The standard InChI is InChI=1S/C19H25NO3/c1-22-9-10-23-15-12-20(13-15)18(21)17-11-19(17)8-4-6-14-5-2-3-7-16(14)19/h2-3,5,7,15,17H,4,6,8-13H2,1H3. The normalized spacial score (nSPS) is 29.3. The molecule has 0 N–H and O–H groups in total. The summed E-state index contributed by atoms with van der Waals surface area (Å²) in [4.78, 5) is 14.8. The molecule has 1 saturated carbocycles. The smallest absolute Gasteiger partial charge is 0.226 e. The van der Waals surface area contributed by atoms with Crippen molar-refractivity contribution in [1.82, 2.24) is 4.90 Å². The molecule has 1 heterocycles. The number of hydrogen-bond donors (Lipinski definition) is 0. The minimum absolute atomic E-state index is 0.147. The van der Waals surface area contributed by atoms with Gasteiger partial charge in [-0.25, -0.2) is 0 Å². The Kier molecular flexibility index (Phi) is 3.90. The third kappa shape index (κ3) is 2.58. The maximum Gasteiger partial charge on any atom is 0.226 e. The van der Waals surface area contributed by atoms with Gasteiger partial charge in [-0.15, -0.1) is 0 Å². The number of rotatable bonds is 5. The fraction of sp³-hybridized carbons (Fsp3) is 0.632. The number of ether oxygens (including phenoxy) is 2. The lowest BCUT2D eigenvalue weighted by Crippen LogP contribution is -2.56. The summed E-state index contributed by atoms with van der Waals surface area (Å²) in [6.07, 6.45) is 4.78. The summed E-state index contributed by atoms with van der Waals surface area (Å²) in [5, 5.41) is 0. The molecule has 1 amide bonds. The Bertz CT molecular complexity index is 596. The van der Waals surface area contributed by atoms with Crippen LogP contribution < -0.4 is 0 Å². The maximum absolute atomic E-state index is 12.8. The predicted molar refractivity (Wildman–Crippen MR) is 87.4 cm³/mol. The van der Waals surface area contributed by atoms with E-state index in [1.54, 1.807) is 7.11 Å². The van der Waals surface area contributed by atoms with Crippen LogP contribution in [0.4, 0.5) is 0 Å². The number of aryl methyl sites for hydroxylation is 1. The van der Waals surface area contributed by atoms with Crippen LogP contribution in [-0.2, 0) is 26.1 Å². The molecule has 2 aliphatic carbocycles. The van der Waals surface area contributed by atoms with Gasteiger partial charge in [-0.2, -0.15) is 0 Å². The highest BCUT2D eigenvalue weighted by Crippen LogP contribution is 2.61. The molecule has 1 spiro atoms. The average Bonchev–Trinajstić information content (AvgIpc) is 3.24. The summed E-state index contributed by atoms with van der Waals surface area (Å²) >= 11 is 0. The van der Waals surface area contributed by atoms with E-state index in [2.05, 4.69) is 24.3 Å². The van der Waals surface area contributed by atoms with Gasteiger partial charge in [-0.05, 0) is 36.8 Å². The largest absolute Gasteiger partial charge is 0.382 e. The Morgan fingerprint density at radius 1 is 1.30 bits per heavy atom. The molecular formula is C19H25NO3. The number of methoxy groups -OCH3 is 1. The van der Waals surface area contributed by atoms with Gasteiger partial charge >= 0.3 is 0 Å². The Balaban J connectivity index is 1.36. The average molecular weight is 315 g/mol. The lowest BCUT2D eigenvalue weighted by molar-refractivity contribution is -0.147. The first-order valence-electron chi connectivity index (χ1n) is 8.72. The first kappa shape index (κ1) is 15.2. The topological polar surface area (TPSA) is 38.8 Å². The second-order valence-electron chi connectivity index (χ2n) is 7.15. The Hall–Kier alpha value is -1.39. The highest BCUT2D eigenvalue weighted by Gasteiger charge is 2.61. The number of carbonyl (C=O) groups is 1. The first-order chi connectivity index (χ1) is 11.2. The van der Waals surface area contributed by atoms with Crippen molar-refractivity contribution in [3.05, 3.63) is 35.4 Å². The Labute approximate surface area is 137 Å². The molecule has 1 aromatic rings. The molecule has 4 nitrogen and oxygen atoms in total. The van der Waals surface area contributed by atoms with Crippen molar-refractivity contribution in [2.45, 2.75) is 37.2 Å².